The molecule has 1 aliphatic carbocycles. The molecule has 2 aliphatic rings. The van der Waals surface area contributed by atoms with E-state index in [1.807, 2.05) is 36.5 Å². The van der Waals surface area contributed by atoms with Crippen molar-refractivity contribution in [1.29, 1.82) is 0 Å². The lowest BCUT2D eigenvalue weighted by Gasteiger charge is -2.33. The van der Waals surface area contributed by atoms with Crippen LogP contribution in [0.1, 0.15) is 27.0 Å². The van der Waals surface area contributed by atoms with Gasteiger partial charge in [-0.15, -0.1) is 0 Å². The van der Waals surface area contributed by atoms with Crippen LogP contribution >= 0.6 is 0 Å². The van der Waals surface area contributed by atoms with Gasteiger partial charge < -0.3 is 20.1 Å². The Morgan fingerprint density at radius 2 is 1.87 bits per heavy atom. The number of aromatic hydroxyl groups is 1. The zero-order chi connectivity index (χ0) is 21.5. The molecular weight excluding hydrogens is 394 g/mol. The van der Waals surface area contributed by atoms with Crippen LogP contribution in [0.15, 0.2) is 48.2 Å². The van der Waals surface area contributed by atoms with Crippen LogP contribution in [-0.2, 0) is 13.0 Å². The van der Waals surface area contributed by atoms with Gasteiger partial charge in [-0.1, -0.05) is 18.2 Å². The summed E-state index contributed by atoms with van der Waals surface area (Å²) < 4.78 is 0. The number of Topliss-reactive ketones (excluding diaryl/α,β-unsaturated/α-hetero) is 1. The summed E-state index contributed by atoms with van der Waals surface area (Å²) in [5.41, 5.74) is 4.98. The summed E-state index contributed by atoms with van der Waals surface area (Å²) in [6.07, 6.45) is 3.43. The number of carbonyl (C=O) groups is 2. The molecule has 5 rings (SSSR count). The number of nitrogens with one attached hydrogen (secondary N) is 1. The normalized spacial score (nSPS) is 18.1. The molecule has 7 heteroatoms. The van der Waals surface area contributed by atoms with Gasteiger partial charge >= 0.3 is 6.09 Å². The fraction of sp³-hybridized carbons (Fsp3) is 0.250. The molecule has 7 nitrogen and oxygen atoms in total. The summed E-state index contributed by atoms with van der Waals surface area (Å²) in [6.45, 7) is 2.57. The van der Waals surface area contributed by atoms with Gasteiger partial charge in [-0.25, -0.2) is 4.79 Å². The number of phenols is 1. The highest BCUT2D eigenvalue weighted by molar-refractivity contribution is 6.16. The first-order valence-corrected chi connectivity index (χ1v) is 10.4. The summed E-state index contributed by atoms with van der Waals surface area (Å²) in [4.78, 5) is 31.0. The van der Waals surface area contributed by atoms with Gasteiger partial charge in [-0.2, -0.15) is 0 Å². The van der Waals surface area contributed by atoms with Crippen LogP contribution in [0.4, 0.5) is 4.79 Å². The van der Waals surface area contributed by atoms with Gasteiger partial charge in [0.15, 0.2) is 5.78 Å². The van der Waals surface area contributed by atoms with Crippen molar-refractivity contribution in [3.05, 3.63) is 70.4 Å². The average Bonchev–Trinajstić information content (AvgIpc) is 3.32. The standard InChI is InChI=1S/C24H23N3O4/c28-22-6-5-18-19(20(22)14-26-7-9-27(10-8-26)24(30)31)12-15(23(18)29)11-16-13-25-21-4-2-1-3-17(16)21/h1-6,11,13,25,28H,7-10,12,14H2,(H,30,31)/b15-11+. The maximum atomic E-state index is 13.1. The molecule has 158 valence electrons. The number of benzene rings is 2. The highest BCUT2D eigenvalue weighted by Gasteiger charge is 2.30. The number of nitrogens with zero attached hydrogens (tertiary/aromatic N) is 2. The van der Waals surface area contributed by atoms with E-state index in [9.17, 15) is 14.7 Å². The predicted molar refractivity (Wildman–Crippen MR) is 117 cm³/mol. The maximum absolute atomic E-state index is 13.1. The number of allylic oxidation sites excluding steroid dienone is 1. The van der Waals surface area contributed by atoms with E-state index in [-0.39, 0.29) is 11.5 Å². The minimum Gasteiger partial charge on any atom is -0.508 e. The average molecular weight is 417 g/mol. The zero-order valence-corrected chi connectivity index (χ0v) is 17.0. The molecule has 2 aromatic carbocycles. The Hall–Kier alpha value is -3.58. The first kappa shape index (κ1) is 19.4. The van der Waals surface area contributed by atoms with Crippen LogP contribution < -0.4 is 0 Å². The summed E-state index contributed by atoms with van der Waals surface area (Å²) in [5.74, 6) is 0.179. The largest absolute Gasteiger partial charge is 0.508 e. The van der Waals surface area contributed by atoms with Crippen LogP contribution in [0.3, 0.4) is 0 Å². The molecule has 0 saturated carbocycles. The number of piperazine rings is 1. The number of rotatable bonds is 3. The number of amides is 1. The third-order valence-electron chi connectivity index (χ3n) is 6.29. The lowest BCUT2D eigenvalue weighted by Crippen LogP contribution is -2.47. The smallest absolute Gasteiger partial charge is 0.407 e. The molecule has 0 unspecified atom stereocenters. The quantitative estimate of drug-likeness (QED) is 0.567. The fourth-order valence-electron chi connectivity index (χ4n) is 4.55. The van der Waals surface area contributed by atoms with E-state index in [0.717, 1.165) is 27.6 Å². The van der Waals surface area contributed by atoms with Gasteiger partial charge in [0.25, 0.3) is 0 Å². The van der Waals surface area contributed by atoms with E-state index in [2.05, 4.69) is 9.88 Å². The van der Waals surface area contributed by atoms with Gasteiger partial charge in [0.2, 0.25) is 0 Å². The summed E-state index contributed by atoms with van der Waals surface area (Å²) in [7, 11) is 0. The molecule has 1 saturated heterocycles. The van der Waals surface area contributed by atoms with Gasteiger partial charge in [0, 0.05) is 78.5 Å². The Morgan fingerprint density at radius 1 is 1.10 bits per heavy atom. The molecule has 31 heavy (non-hydrogen) atoms. The number of carboxylic acid groups (broad SMARTS) is 1. The Balaban J connectivity index is 1.42. The first-order chi connectivity index (χ1) is 15.0. The van der Waals surface area contributed by atoms with Crippen molar-refractivity contribution in [2.24, 2.45) is 0 Å². The van der Waals surface area contributed by atoms with Crippen molar-refractivity contribution < 1.29 is 19.8 Å². The van der Waals surface area contributed by atoms with Crippen molar-refractivity contribution in [3.8, 4) is 5.75 Å². The Bertz CT molecular complexity index is 1220. The van der Waals surface area contributed by atoms with Crippen molar-refractivity contribution in [2.45, 2.75) is 13.0 Å². The molecule has 1 aromatic heterocycles. The minimum atomic E-state index is -0.902. The van der Waals surface area contributed by atoms with Crippen LogP contribution in [0, 0.1) is 0 Å². The summed E-state index contributed by atoms with van der Waals surface area (Å²) in [6, 6.07) is 11.3. The predicted octanol–water partition coefficient (Wildman–Crippen LogP) is 3.49. The maximum Gasteiger partial charge on any atom is 0.407 e. The Morgan fingerprint density at radius 3 is 2.65 bits per heavy atom. The number of hydrogen-bond acceptors (Lipinski definition) is 4. The van der Waals surface area contributed by atoms with Gasteiger partial charge in [0.1, 0.15) is 5.75 Å². The number of aromatic amines is 1. The number of fused-ring (bicyclic) bond motifs is 2. The lowest BCUT2D eigenvalue weighted by atomic mass is 10.0. The number of para-hydroxylation sites is 1. The Labute approximate surface area is 179 Å². The van der Waals surface area contributed by atoms with Crippen molar-refractivity contribution >= 4 is 28.9 Å². The highest BCUT2D eigenvalue weighted by atomic mass is 16.4. The molecule has 3 N–H and O–H groups in total. The second-order valence-electron chi connectivity index (χ2n) is 8.10. The van der Waals surface area contributed by atoms with Gasteiger partial charge in [-0.3, -0.25) is 9.69 Å². The third-order valence-corrected chi connectivity index (χ3v) is 6.29. The third kappa shape index (κ3) is 3.47. The SMILES string of the molecule is O=C1/C(=C/c2c[nH]c3ccccc23)Cc2c1ccc(O)c2CN1CCN(C(=O)O)CC1. The molecule has 0 spiro atoms. The zero-order valence-electron chi connectivity index (χ0n) is 17.0. The number of ketones is 1. The molecule has 0 radical (unpaired) electrons. The first-order valence-electron chi connectivity index (χ1n) is 10.4. The molecule has 2 heterocycles. The molecule has 0 atom stereocenters. The summed E-state index contributed by atoms with van der Waals surface area (Å²) in [5, 5.41) is 20.8. The second kappa shape index (κ2) is 7.59. The van der Waals surface area contributed by atoms with Crippen molar-refractivity contribution in [2.75, 3.05) is 26.2 Å². The van der Waals surface area contributed by atoms with E-state index in [1.54, 1.807) is 12.1 Å². The number of carbonyl (C=O) groups excluding carboxylic acids is 1. The molecule has 1 amide bonds. The highest BCUT2D eigenvalue weighted by Crippen LogP contribution is 2.36. The second-order valence-corrected chi connectivity index (χ2v) is 8.10. The van der Waals surface area contributed by atoms with Crippen LogP contribution in [0.2, 0.25) is 0 Å². The lowest BCUT2D eigenvalue weighted by molar-refractivity contribution is 0.102. The van der Waals surface area contributed by atoms with Gasteiger partial charge in [-0.05, 0) is 29.8 Å². The summed E-state index contributed by atoms with van der Waals surface area (Å²) >= 11 is 0. The fourth-order valence-corrected chi connectivity index (χ4v) is 4.55. The van der Waals surface area contributed by atoms with Gasteiger partial charge in [0.05, 0.1) is 0 Å². The van der Waals surface area contributed by atoms with E-state index >= 15 is 0 Å². The monoisotopic (exact) mass is 417 g/mol. The number of phenolic OH excluding ortho intramolecular Hbond substituents is 1. The van der Waals surface area contributed by atoms with E-state index in [1.165, 1.54) is 4.90 Å². The molecular formula is C24H23N3O4. The number of aromatic nitrogens is 1. The topological polar surface area (TPSA) is 96.9 Å². The van der Waals surface area contributed by atoms with E-state index in [4.69, 9.17) is 5.11 Å². The Kier molecular flexibility index (Phi) is 4.75. The van der Waals surface area contributed by atoms with E-state index in [0.29, 0.717) is 50.3 Å². The van der Waals surface area contributed by atoms with Crippen LogP contribution in [0.5, 0.6) is 5.75 Å². The van der Waals surface area contributed by atoms with Crippen LogP contribution in [-0.4, -0.2) is 63.1 Å². The molecule has 1 aliphatic heterocycles. The number of hydrogen-bond donors (Lipinski definition) is 3. The molecule has 0 bridgehead atoms. The minimum absolute atomic E-state index is 0.00257. The van der Waals surface area contributed by atoms with E-state index < -0.39 is 6.09 Å². The molecule has 1 fully saturated rings. The van der Waals surface area contributed by atoms with Crippen molar-refractivity contribution in [1.82, 2.24) is 14.8 Å². The number of H-pyrrole nitrogens is 1. The van der Waals surface area contributed by atoms with Crippen molar-refractivity contribution in [3.63, 3.8) is 0 Å². The molecule has 3 aromatic rings. The van der Waals surface area contributed by atoms with Crippen LogP contribution in [0.25, 0.3) is 17.0 Å².